The molecule has 6 N–H and O–H groups in total. The van der Waals surface area contributed by atoms with Crippen molar-refractivity contribution in [2.45, 2.75) is 0 Å². The molecule has 0 atom stereocenters. The molecule has 0 fully saturated rings. The maximum absolute atomic E-state index is 8.49. The molecule has 0 aliphatic heterocycles. The molecule has 0 aliphatic rings. The van der Waals surface area contributed by atoms with Gasteiger partial charge in [0.2, 0.25) is 0 Å². The van der Waals surface area contributed by atoms with Crippen molar-refractivity contribution in [3.8, 4) is 0 Å². The number of rotatable bonds is 0. The smallest absolute Gasteiger partial charge is 0.412 e. The summed E-state index contributed by atoms with van der Waals surface area (Å²) in [7, 11) is -14.8. The monoisotopic (exact) mass is 407 g/mol. The van der Waals surface area contributed by atoms with E-state index in [9.17, 15) is 0 Å². The fourth-order valence-electron chi connectivity index (χ4n) is 0. The van der Waals surface area contributed by atoms with Crippen LogP contribution in [0.5, 0.6) is 0 Å². The third kappa shape index (κ3) is 8500. The summed E-state index contributed by atoms with van der Waals surface area (Å²) >= 11 is 0. The van der Waals surface area contributed by atoms with E-state index in [2.05, 4.69) is 0 Å². The average Bonchev–Trinajstić information content (AvgIpc) is 1.41. The van der Waals surface area contributed by atoms with E-state index in [-0.39, 0.29) is 33.5 Å². The van der Waals surface area contributed by atoms with Crippen molar-refractivity contribution in [1.29, 1.82) is 0 Å². The molecule has 0 unspecified atom stereocenters. The van der Waals surface area contributed by atoms with Crippen LogP contribution in [0, 0.1) is 30.7 Å². The molecule has 0 heterocycles. The van der Waals surface area contributed by atoms with Crippen molar-refractivity contribution in [3.05, 3.63) is 0 Å². The van der Waals surface area contributed by atoms with Gasteiger partial charge in [-0.1, -0.05) is 0 Å². The van der Waals surface area contributed by atoms with Gasteiger partial charge in [0, 0.05) is 0 Å². The van der Waals surface area contributed by atoms with Gasteiger partial charge in [0.25, 0.3) is 0 Å². The Labute approximate surface area is 120 Å². The minimum atomic E-state index is -4.94. The van der Waals surface area contributed by atoms with Gasteiger partial charge in [0.1, 0.15) is 0 Å². The van der Waals surface area contributed by atoms with Crippen LogP contribution in [0.2, 0.25) is 0 Å². The predicted molar refractivity (Wildman–Crippen MR) is 10.8 cm³/mol. The molecule has 19 heavy (non-hydrogen) atoms. The van der Waals surface area contributed by atoms with Crippen LogP contribution in [0.15, 0.2) is 0 Å². The van der Waals surface area contributed by atoms with Crippen molar-refractivity contribution in [3.63, 3.8) is 0 Å². The predicted octanol–water partition coefficient (Wildman–Crippen LogP) is -16.7. The van der Waals surface area contributed by atoms with Crippen molar-refractivity contribution in [1.82, 2.24) is 0 Å². The number of hydrogen-bond donors (Lipinski definition) is 0. The summed E-state index contributed by atoms with van der Waals surface area (Å²) in [6.07, 6.45) is 0. The Morgan fingerprint density at radius 3 is 0.316 bits per heavy atom. The van der Waals surface area contributed by atoms with Crippen LogP contribution in [0.4, 0.5) is 0 Å². The number of halogens is 3. The van der Waals surface area contributed by atoms with E-state index in [0.717, 1.165) is 0 Å². The third-order valence-electron chi connectivity index (χ3n) is 0. The van der Waals surface area contributed by atoms with Gasteiger partial charge in [-0.05, 0) is 0 Å². The topological polar surface area (TPSA) is 371 Å². The molecule has 125 valence electrons. The first-order valence-corrected chi connectivity index (χ1v) is 5.55. The van der Waals surface area contributed by atoms with Crippen molar-refractivity contribution < 1.29 is 120 Å². The summed E-state index contributed by atoms with van der Waals surface area (Å²) in [6.45, 7) is 0. The summed E-state index contributed by atoms with van der Waals surface area (Å²) in [5.74, 6) is 0. The fraction of sp³-hybridized carbons (Fsp3) is 0. The second kappa shape index (κ2) is 16.8. The van der Waals surface area contributed by atoms with Crippen LogP contribution in [0.25, 0.3) is 0 Å². The van der Waals surface area contributed by atoms with Gasteiger partial charge < -0.3 is 16.4 Å². The molecule has 0 aliphatic carbocycles. The van der Waals surface area contributed by atoms with Gasteiger partial charge in [0.15, 0.2) is 0 Å². The minimum absolute atomic E-state index is 0. The normalized spacial score (nSPS) is 9.47. The molecule has 0 aromatic heterocycles. The Kier molecular flexibility index (Phi) is 37.9. The summed E-state index contributed by atoms with van der Waals surface area (Å²) in [5, 5.41) is 0. The molecule has 0 rings (SSSR count). The second-order valence-corrected chi connectivity index (χ2v) is 3.40. The SMILES string of the molecule is O.O.O.[Fe+3].[O-][Cl+3]([O-])([O-])[O-].[O-][Cl+3]([O-])([O-])[O-].[O-][Cl+3]([O-])([O-])[O-]. The molecule has 0 amide bonds. The maximum atomic E-state index is 8.49. The summed E-state index contributed by atoms with van der Waals surface area (Å²) in [5.41, 5.74) is 0. The van der Waals surface area contributed by atoms with Crippen LogP contribution in [-0.2, 0) is 17.1 Å². The first-order valence-electron chi connectivity index (χ1n) is 1.85. The molecule has 15 nitrogen and oxygen atoms in total. The van der Waals surface area contributed by atoms with Crippen LogP contribution >= 0.6 is 0 Å². The van der Waals surface area contributed by atoms with E-state index in [0.29, 0.717) is 0 Å². The van der Waals surface area contributed by atoms with Crippen LogP contribution < -0.4 is 55.9 Å². The van der Waals surface area contributed by atoms with E-state index >= 15 is 0 Å². The fourth-order valence-corrected chi connectivity index (χ4v) is 0. The van der Waals surface area contributed by atoms with E-state index < -0.39 is 30.7 Å². The maximum Gasteiger partial charge on any atom is 3.00 e. The van der Waals surface area contributed by atoms with Gasteiger partial charge in [-0.3, -0.25) is 0 Å². The van der Waals surface area contributed by atoms with Crippen molar-refractivity contribution in [2.24, 2.45) is 0 Å². The standard InChI is InChI=1S/3ClHO4.Fe.3H2O/c3*2-1(3,4)5;;;;/h3*(H,2,3,4,5);;3*1H2/q;;;+3;;;/p-3. The summed E-state index contributed by atoms with van der Waals surface area (Å²) in [4.78, 5) is 0. The van der Waals surface area contributed by atoms with Gasteiger partial charge in [-0.25, -0.2) is 55.9 Å². The largest absolute Gasteiger partial charge is 3.00 e. The molecule has 0 bridgehead atoms. The Bertz CT molecular complexity index is 92.4. The Morgan fingerprint density at radius 1 is 0.316 bits per heavy atom. The molecule has 0 spiro atoms. The van der Waals surface area contributed by atoms with Gasteiger partial charge in [-0.15, -0.1) is 30.7 Å². The van der Waals surface area contributed by atoms with Crippen LogP contribution in [0.1, 0.15) is 0 Å². The Morgan fingerprint density at radius 2 is 0.316 bits per heavy atom. The molecule has 1 radical (unpaired) electrons. The van der Waals surface area contributed by atoms with E-state index in [1.54, 1.807) is 0 Å². The van der Waals surface area contributed by atoms with Crippen molar-refractivity contribution >= 4 is 0 Å². The molecule has 0 saturated heterocycles. The van der Waals surface area contributed by atoms with Crippen molar-refractivity contribution in [2.75, 3.05) is 0 Å². The molecular weight excluding hydrogens is 402 g/mol. The molecule has 0 saturated carbocycles. The van der Waals surface area contributed by atoms with E-state index in [1.807, 2.05) is 0 Å². The number of hydrogen-bond acceptors (Lipinski definition) is 12. The Balaban J connectivity index is -0.0000000206. The summed E-state index contributed by atoms with van der Waals surface area (Å²) in [6, 6.07) is 0. The van der Waals surface area contributed by atoms with E-state index in [1.165, 1.54) is 0 Å². The second-order valence-electron chi connectivity index (χ2n) is 1.13. The zero-order valence-corrected chi connectivity index (χ0v) is 11.3. The molecule has 19 heteroatoms. The van der Waals surface area contributed by atoms with Crippen LogP contribution in [-0.4, -0.2) is 16.4 Å². The third-order valence-corrected chi connectivity index (χ3v) is 0. The van der Waals surface area contributed by atoms with E-state index in [4.69, 9.17) is 55.9 Å². The molecule has 0 aromatic rings. The first kappa shape index (κ1) is 42.7. The van der Waals surface area contributed by atoms with Gasteiger partial charge in [-0.2, -0.15) is 0 Å². The quantitative estimate of drug-likeness (QED) is 0.337. The van der Waals surface area contributed by atoms with Gasteiger partial charge in [0.05, 0.1) is 0 Å². The average molecular weight is 408 g/mol. The summed E-state index contributed by atoms with van der Waals surface area (Å²) < 4.78 is 102. The minimum Gasteiger partial charge on any atom is -0.412 e. The molecule has 0 aromatic carbocycles. The van der Waals surface area contributed by atoms with Crippen LogP contribution in [0.3, 0.4) is 0 Å². The zero-order chi connectivity index (χ0) is 13.5. The Hall–Kier alpha value is 0.789. The molecular formula is H6Cl3FeO15. The first-order chi connectivity index (χ1) is 6.00. The zero-order valence-electron chi connectivity index (χ0n) is 7.89. The van der Waals surface area contributed by atoms with Gasteiger partial charge >= 0.3 is 17.1 Å².